The molecule has 0 aliphatic heterocycles. The molecule has 17 heavy (non-hydrogen) atoms. The Balaban J connectivity index is 2.52. The molecular weight excluding hydrogens is 214 g/mol. The number of aromatic nitrogens is 1. The number of rotatable bonds is 3. The van der Waals surface area contributed by atoms with Gasteiger partial charge in [-0.3, -0.25) is 4.98 Å². The Hall–Kier alpha value is -1.81. The molecule has 0 aliphatic carbocycles. The number of pyridine rings is 1. The summed E-state index contributed by atoms with van der Waals surface area (Å²) < 4.78 is 0. The maximum absolute atomic E-state index is 9.27. The summed E-state index contributed by atoms with van der Waals surface area (Å²) in [4.78, 5) is 4.34. The van der Waals surface area contributed by atoms with Crippen LogP contribution in [0.15, 0.2) is 30.5 Å². The molecule has 90 valence electrons. The molecule has 1 aromatic carbocycles. The fourth-order valence-corrected chi connectivity index (χ4v) is 1.70. The van der Waals surface area contributed by atoms with Gasteiger partial charge in [0.05, 0.1) is 23.3 Å². The Bertz CT molecular complexity index is 537. The molecule has 0 unspecified atom stereocenters. The molecular formula is C13H17N3O. The van der Waals surface area contributed by atoms with E-state index in [1.54, 1.807) is 6.20 Å². The van der Waals surface area contributed by atoms with Crippen LogP contribution in [0.5, 0.6) is 0 Å². The van der Waals surface area contributed by atoms with Crippen LogP contribution in [0.25, 0.3) is 10.9 Å². The topological polar surface area (TPSA) is 71.2 Å². The lowest BCUT2D eigenvalue weighted by atomic mass is 10.1. The van der Waals surface area contributed by atoms with Crippen molar-refractivity contribution in [3.8, 4) is 0 Å². The molecule has 4 N–H and O–H groups in total. The molecule has 2 aromatic rings. The highest BCUT2D eigenvalue weighted by Gasteiger charge is 2.17. The molecule has 0 saturated heterocycles. The van der Waals surface area contributed by atoms with Crippen LogP contribution in [0.4, 0.5) is 11.4 Å². The minimum absolute atomic E-state index is 0.0473. The molecule has 0 fully saturated rings. The molecule has 0 aliphatic rings. The van der Waals surface area contributed by atoms with Crippen molar-refractivity contribution in [3.05, 3.63) is 30.5 Å². The second-order valence-corrected chi connectivity index (χ2v) is 4.77. The molecule has 2 rings (SSSR count). The lowest BCUT2D eigenvalue weighted by Gasteiger charge is -2.25. The van der Waals surface area contributed by atoms with Crippen LogP contribution in [-0.4, -0.2) is 22.2 Å². The fourth-order valence-electron chi connectivity index (χ4n) is 1.70. The number of nitrogens with two attached hydrogens (primary N) is 1. The molecule has 4 heteroatoms. The average Bonchev–Trinajstić information content (AvgIpc) is 2.33. The Kier molecular flexibility index (Phi) is 2.90. The monoisotopic (exact) mass is 231 g/mol. The Morgan fingerprint density at radius 1 is 1.35 bits per heavy atom. The number of hydrogen-bond donors (Lipinski definition) is 3. The summed E-state index contributed by atoms with van der Waals surface area (Å²) in [5.41, 5.74) is 7.94. The van der Waals surface area contributed by atoms with Crippen molar-refractivity contribution in [2.75, 3.05) is 17.7 Å². The molecule has 0 spiro atoms. The van der Waals surface area contributed by atoms with E-state index in [9.17, 15) is 5.11 Å². The van der Waals surface area contributed by atoms with Gasteiger partial charge in [-0.05, 0) is 38.1 Å². The number of nitrogens with zero attached hydrogens (tertiary/aromatic N) is 1. The highest BCUT2D eigenvalue weighted by Crippen LogP contribution is 2.28. The largest absolute Gasteiger partial charge is 0.398 e. The summed E-state index contributed by atoms with van der Waals surface area (Å²) in [5.74, 6) is 0. The number of anilines is 2. The highest BCUT2D eigenvalue weighted by molar-refractivity contribution is 5.98. The molecule has 1 heterocycles. The van der Waals surface area contributed by atoms with E-state index in [2.05, 4.69) is 10.3 Å². The molecule has 0 saturated carbocycles. The fraction of sp³-hybridized carbons (Fsp3) is 0.308. The molecule has 4 nitrogen and oxygen atoms in total. The van der Waals surface area contributed by atoms with Gasteiger partial charge in [-0.25, -0.2) is 0 Å². The molecule has 1 aromatic heterocycles. The van der Waals surface area contributed by atoms with Gasteiger partial charge in [-0.2, -0.15) is 0 Å². The van der Waals surface area contributed by atoms with Gasteiger partial charge in [0.1, 0.15) is 0 Å². The second kappa shape index (κ2) is 4.22. The number of benzene rings is 1. The van der Waals surface area contributed by atoms with E-state index in [0.717, 1.165) is 16.6 Å². The maximum Gasteiger partial charge on any atom is 0.0954 e. The summed E-state index contributed by atoms with van der Waals surface area (Å²) in [5, 5.41) is 13.5. The van der Waals surface area contributed by atoms with Crippen LogP contribution < -0.4 is 11.1 Å². The predicted molar refractivity (Wildman–Crippen MR) is 70.9 cm³/mol. The number of nitrogen functional groups attached to an aromatic ring is 1. The minimum atomic E-state index is -0.388. The number of aliphatic hydroxyl groups is 1. The van der Waals surface area contributed by atoms with Crippen LogP contribution in [0.2, 0.25) is 0 Å². The van der Waals surface area contributed by atoms with Crippen LogP contribution >= 0.6 is 0 Å². The Morgan fingerprint density at radius 2 is 2.12 bits per heavy atom. The van der Waals surface area contributed by atoms with Crippen LogP contribution in [0, 0.1) is 0 Å². The van der Waals surface area contributed by atoms with Crippen LogP contribution in [0.3, 0.4) is 0 Å². The normalized spacial score (nSPS) is 11.7. The Morgan fingerprint density at radius 3 is 2.82 bits per heavy atom. The van der Waals surface area contributed by atoms with Crippen molar-refractivity contribution >= 4 is 22.3 Å². The third kappa shape index (κ3) is 2.31. The van der Waals surface area contributed by atoms with E-state index in [4.69, 9.17) is 5.73 Å². The zero-order chi connectivity index (χ0) is 12.5. The lowest BCUT2D eigenvalue weighted by molar-refractivity contribution is 0.234. The van der Waals surface area contributed by atoms with Crippen LogP contribution in [0.1, 0.15) is 13.8 Å². The van der Waals surface area contributed by atoms with Crippen molar-refractivity contribution in [1.29, 1.82) is 0 Å². The molecule has 0 amide bonds. The smallest absolute Gasteiger partial charge is 0.0954 e. The zero-order valence-electron chi connectivity index (χ0n) is 10.1. The van der Waals surface area contributed by atoms with Crippen molar-refractivity contribution in [1.82, 2.24) is 4.98 Å². The van der Waals surface area contributed by atoms with Gasteiger partial charge in [-0.1, -0.05) is 0 Å². The predicted octanol–water partition coefficient (Wildman–Crippen LogP) is 2.00. The highest BCUT2D eigenvalue weighted by atomic mass is 16.3. The summed E-state index contributed by atoms with van der Waals surface area (Å²) in [7, 11) is 0. The van der Waals surface area contributed by atoms with E-state index in [0.29, 0.717) is 5.69 Å². The van der Waals surface area contributed by atoms with E-state index in [1.807, 2.05) is 38.1 Å². The number of fused-ring (bicyclic) bond motifs is 1. The van der Waals surface area contributed by atoms with Gasteiger partial charge in [0.25, 0.3) is 0 Å². The molecule has 0 bridgehead atoms. The van der Waals surface area contributed by atoms with Gasteiger partial charge in [0.2, 0.25) is 0 Å². The van der Waals surface area contributed by atoms with Crippen molar-refractivity contribution in [2.45, 2.75) is 19.4 Å². The first-order valence-electron chi connectivity index (χ1n) is 5.56. The van der Waals surface area contributed by atoms with Gasteiger partial charge in [0.15, 0.2) is 0 Å². The minimum Gasteiger partial charge on any atom is -0.398 e. The summed E-state index contributed by atoms with van der Waals surface area (Å²) in [6, 6.07) is 7.54. The third-order valence-corrected chi connectivity index (χ3v) is 2.67. The van der Waals surface area contributed by atoms with Crippen molar-refractivity contribution in [2.24, 2.45) is 0 Å². The number of aliphatic hydroxyl groups excluding tert-OH is 1. The van der Waals surface area contributed by atoms with Crippen LogP contribution in [-0.2, 0) is 0 Å². The summed E-state index contributed by atoms with van der Waals surface area (Å²) in [6.07, 6.45) is 1.74. The van der Waals surface area contributed by atoms with Gasteiger partial charge < -0.3 is 16.2 Å². The first-order valence-corrected chi connectivity index (χ1v) is 5.56. The third-order valence-electron chi connectivity index (χ3n) is 2.67. The summed E-state index contributed by atoms with van der Waals surface area (Å²) in [6.45, 7) is 3.90. The first-order chi connectivity index (χ1) is 8.03. The van der Waals surface area contributed by atoms with E-state index in [1.165, 1.54) is 0 Å². The van der Waals surface area contributed by atoms with Gasteiger partial charge in [0, 0.05) is 17.3 Å². The number of hydrogen-bond acceptors (Lipinski definition) is 4. The van der Waals surface area contributed by atoms with Gasteiger partial charge >= 0.3 is 0 Å². The maximum atomic E-state index is 9.27. The van der Waals surface area contributed by atoms with Crippen molar-refractivity contribution in [3.63, 3.8) is 0 Å². The second-order valence-electron chi connectivity index (χ2n) is 4.77. The zero-order valence-corrected chi connectivity index (χ0v) is 10.1. The summed E-state index contributed by atoms with van der Waals surface area (Å²) >= 11 is 0. The first kappa shape index (κ1) is 11.7. The molecule has 0 radical (unpaired) electrons. The Labute approximate surface area is 100 Å². The van der Waals surface area contributed by atoms with E-state index in [-0.39, 0.29) is 12.1 Å². The van der Waals surface area contributed by atoms with Crippen molar-refractivity contribution < 1.29 is 5.11 Å². The van der Waals surface area contributed by atoms with E-state index >= 15 is 0 Å². The number of nitrogens with one attached hydrogen (secondary N) is 1. The quantitative estimate of drug-likeness (QED) is 0.706. The van der Waals surface area contributed by atoms with E-state index < -0.39 is 0 Å². The SMILES string of the molecule is CC(C)(CO)Nc1ccc(N)c2cccnc12. The lowest BCUT2D eigenvalue weighted by Crippen LogP contribution is -2.35. The molecule has 0 atom stereocenters. The standard InChI is InChI=1S/C13H17N3O/c1-13(2,8-17)16-11-6-5-10(14)9-4-3-7-15-12(9)11/h3-7,16-17H,8,14H2,1-2H3. The van der Waals surface area contributed by atoms with Gasteiger partial charge in [-0.15, -0.1) is 0 Å². The average molecular weight is 231 g/mol.